The van der Waals surface area contributed by atoms with E-state index in [0.29, 0.717) is 5.56 Å². The molecule has 2 aromatic rings. The molecule has 1 aromatic heterocycles. The third kappa shape index (κ3) is 3.46. The summed E-state index contributed by atoms with van der Waals surface area (Å²) < 4.78 is 53.1. The Morgan fingerprint density at radius 2 is 1.62 bits per heavy atom. The lowest BCUT2D eigenvalue weighted by Crippen LogP contribution is -2.41. The van der Waals surface area contributed by atoms with E-state index in [0.717, 1.165) is 0 Å². The Labute approximate surface area is 149 Å². The van der Waals surface area contributed by atoms with Gasteiger partial charge in [0.15, 0.2) is 5.69 Å². The minimum Gasteiger partial charge on any atom is -0.508 e. The van der Waals surface area contributed by atoms with Gasteiger partial charge in [-0.3, -0.25) is 4.68 Å². The molecule has 1 saturated heterocycles. The molecular weight excluding hydrogens is 348 g/mol. The maximum Gasteiger partial charge on any atom is 0.498 e. The number of aromatic nitrogens is 2. The quantitative estimate of drug-likeness (QED) is 0.847. The molecule has 140 valence electrons. The Morgan fingerprint density at radius 1 is 1.08 bits per heavy atom. The van der Waals surface area contributed by atoms with E-state index in [1.165, 1.54) is 23.0 Å². The standard InChI is InChI=1S/C17H20BF3N2O3/c1-15(2)16(3,4)26-18(25-15)13-10-23(22-14(13)17(19,20)21)9-11-5-7-12(24)8-6-11/h5-8,10,24H,9H2,1-4H3. The number of benzene rings is 1. The van der Waals surface area contributed by atoms with Crippen LogP contribution in [0.1, 0.15) is 39.0 Å². The van der Waals surface area contributed by atoms with Crippen LogP contribution in [0, 0.1) is 0 Å². The van der Waals surface area contributed by atoms with Gasteiger partial charge in [0, 0.05) is 11.7 Å². The van der Waals surface area contributed by atoms with Gasteiger partial charge < -0.3 is 14.4 Å². The molecule has 3 rings (SSSR count). The number of rotatable bonds is 3. The second-order valence-corrected chi connectivity index (χ2v) is 7.38. The van der Waals surface area contributed by atoms with Crippen LogP contribution in [-0.4, -0.2) is 33.2 Å². The van der Waals surface area contributed by atoms with Crippen LogP contribution < -0.4 is 5.46 Å². The maximum absolute atomic E-state index is 13.5. The largest absolute Gasteiger partial charge is 0.508 e. The summed E-state index contributed by atoms with van der Waals surface area (Å²) >= 11 is 0. The highest BCUT2D eigenvalue weighted by molar-refractivity contribution is 6.62. The monoisotopic (exact) mass is 368 g/mol. The Morgan fingerprint density at radius 3 is 2.12 bits per heavy atom. The minimum absolute atomic E-state index is 0.0862. The number of hydrogen-bond donors (Lipinski definition) is 1. The molecule has 0 spiro atoms. The highest BCUT2D eigenvalue weighted by Crippen LogP contribution is 2.37. The molecule has 26 heavy (non-hydrogen) atoms. The first-order chi connectivity index (χ1) is 11.9. The predicted octanol–water partition coefficient (Wildman–Crippen LogP) is 2.96. The number of nitrogens with zero attached hydrogens (tertiary/aromatic N) is 2. The van der Waals surface area contributed by atoms with E-state index in [4.69, 9.17) is 9.31 Å². The normalized spacial score (nSPS) is 19.1. The molecule has 2 heterocycles. The topological polar surface area (TPSA) is 56.5 Å². The minimum atomic E-state index is -4.63. The molecule has 1 fully saturated rings. The number of alkyl halides is 3. The van der Waals surface area contributed by atoms with Crippen LogP contribution in [0.5, 0.6) is 5.75 Å². The number of phenolic OH excluding ortho intramolecular Hbond substituents is 1. The van der Waals surface area contributed by atoms with Crippen molar-refractivity contribution in [1.29, 1.82) is 0 Å². The molecule has 0 atom stereocenters. The lowest BCUT2D eigenvalue weighted by molar-refractivity contribution is -0.140. The molecule has 1 aliphatic rings. The highest BCUT2D eigenvalue weighted by Gasteiger charge is 2.54. The van der Waals surface area contributed by atoms with Gasteiger partial charge in [-0.1, -0.05) is 12.1 Å². The lowest BCUT2D eigenvalue weighted by Gasteiger charge is -2.32. The summed E-state index contributed by atoms with van der Waals surface area (Å²) in [6, 6.07) is 6.19. The van der Waals surface area contributed by atoms with Crippen molar-refractivity contribution < 1.29 is 27.6 Å². The van der Waals surface area contributed by atoms with Crippen molar-refractivity contribution in [3.05, 3.63) is 41.7 Å². The van der Waals surface area contributed by atoms with Crippen molar-refractivity contribution in [3.63, 3.8) is 0 Å². The van der Waals surface area contributed by atoms with Gasteiger partial charge >= 0.3 is 13.3 Å². The van der Waals surface area contributed by atoms with Gasteiger partial charge in [-0.25, -0.2) is 0 Å². The van der Waals surface area contributed by atoms with Crippen molar-refractivity contribution >= 4 is 12.6 Å². The Balaban J connectivity index is 1.95. The molecule has 1 aromatic carbocycles. The summed E-state index contributed by atoms with van der Waals surface area (Å²) in [6.07, 6.45) is -3.32. The van der Waals surface area contributed by atoms with Gasteiger partial charge in [0.25, 0.3) is 0 Å². The van der Waals surface area contributed by atoms with E-state index >= 15 is 0 Å². The Bertz CT molecular complexity index is 785. The van der Waals surface area contributed by atoms with Crippen molar-refractivity contribution in [2.45, 2.75) is 51.6 Å². The van der Waals surface area contributed by atoms with E-state index in [-0.39, 0.29) is 17.8 Å². The fraction of sp³-hybridized carbons (Fsp3) is 0.471. The molecule has 0 aliphatic carbocycles. The first kappa shape index (κ1) is 18.8. The summed E-state index contributed by atoms with van der Waals surface area (Å²) in [7, 11) is -1.15. The second kappa shape index (κ2) is 6.02. The second-order valence-electron chi connectivity index (χ2n) is 7.38. The van der Waals surface area contributed by atoms with Crippen LogP contribution in [0.2, 0.25) is 0 Å². The SMILES string of the molecule is CC1(C)OB(c2cn(Cc3ccc(O)cc3)nc2C(F)(F)F)OC1(C)C. The van der Waals surface area contributed by atoms with Crippen molar-refractivity contribution in [2.24, 2.45) is 0 Å². The summed E-state index contributed by atoms with van der Waals surface area (Å²) in [4.78, 5) is 0. The smallest absolute Gasteiger partial charge is 0.498 e. The van der Waals surface area contributed by atoms with Crippen LogP contribution >= 0.6 is 0 Å². The Kier molecular flexibility index (Phi) is 4.35. The average Bonchev–Trinajstić information content (AvgIpc) is 3.00. The molecule has 1 aliphatic heterocycles. The first-order valence-corrected chi connectivity index (χ1v) is 8.17. The van der Waals surface area contributed by atoms with Crippen LogP contribution in [-0.2, 0) is 22.0 Å². The van der Waals surface area contributed by atoms with Gasteiger partial charge in [-0.05, 0) is 45.4 Å². The zero-order chi connectivity index (χ0) is 19.3. The van der Waals surface area contributed by atoms with Crippen LogP contribution in [0.4, 0.5) is 13.2 Å². The number of halogens is 3. The average molecular weight is 368 g/mol. The Hall–Kier alpha value is -2.00. The van der Waals surface area contributed by atoms with E-state index in [1.54, 1.807) is 39.8 Å². The fourth-order valence-electron chi connectivity index (χ4n) is 2.67. The molecule has 0 radical (unpaired) electrons. The van der Waals surface area contributed by atoms with Crippen LogP contribution in [0.3, 0.4) is 0 Å². The first-order valence-electron chi connectivity index (χ1n) is 8.17. The summed E-state index contributed by atoms with van der Waals surface area (Å²) in [5.74, 6) is 0.0862. The number of hydrogen-bond acceptors (Lipinski definition) is 4. The van der Waals surface area contributed by atoms with E-state index in [2.05, 4.69) is 5.10 Å². The van der Waals surface area contributed by atoms with Gasteiger partial charge in [0.1, 0.15) is 5.75 Å². The third-order valence-electron chi connectivity index (χ3n) is 4.85. The van der Waals surface area contributed by atoms with Crippen molar-refractivity contribution in [1.82, 2.24) is 9.78 Å². The molecule has 9 heteroatoms. The van der Waals surface area contributed by atoms with Crippen LogP contribution in [0.15, 0.2) is 30.5 Å². The van der Waals surface area contributed by atoms with Crippen molar-refractivity contribution in [3.8, 4) is 5.75 Å². The molecule has 0 amide bonds. The van der Waals surface area contributed by atoms with Gasteiger partial charge in [0.05, 0.1) is 17.7 Å². The van der Waals surface area contributed by atoms with E-state index < -0.39 is 30.2 Å². The third-order valence-corrected chi connectivity index (χ3v) is 4.85. The number of aromatic hydroxyl groups is 1. The molecule has 0 unspecified atom stereocenters. The summed E-state index contributed by atoms with van der Waals surface area (Å²) in [5, 5.41) is 13.0. The van der Waals surface area contributed by atoms with Gasteiger partial charge in [-0.2, -0.15) is 18.3 Å². The molecular formula is C17H20BF3N2O3. The van der Waals surface area contributed by atoms with E-state index in [9.17, 15) is 18.3 Å². The van der Waals surface area contributed by atoms with Crippen LogP contribution in [0.25, 0.3) is 0 Å². The molecule has 1 N–H and O–H groups in total. The summed E-state index contributed by atoms with van der Waals surface area (Å²) in [5.41, 5.74) is -1.96. The van der Waals surface area contributed by atoms with Gasteiger partial charge in [-0.15, -0.1) is 0 Å². The lowest BCUT2D eigenvalue weighted by atomic mass is 9.79. The molecule has 0 saturated carbocycles. The summed E-state index contributed by atoms with van der Waals surface area (Å²) in [6.45, 7) is 7.24. The maximum atomic E-state index is 13.5. The highest BCUT2D eigenvalue weighted by atomic mass is 19.4. The van der Waals surface area contributed by atoms with Crippen molar-refractivity contribution in [2.75, 3.05) is 0 Å². The predicted molar refractivity (Wildman–Crippen MR) is 90.2 cm³/mol. The molecule has 0 bridgehead atoms. The number of phenols is 1. The molecule has 5 nitrogen and oxygen atoms in total. The van der Waals surface area contributed by atoms with E-state index in [1.807, 2.05) is 0 Å². The fourth-order valence-corrected chi connectivity index (χ4v) is 2.67. The zero-order valence-corrected chi connectivity index (χ0v) is 15.0. The zero-order valence-electron chi connectivity index (χ0n) is 15.0. The van der Waals surface area contributed by atoms with Gasteiger partial charge in [0.2, 0.25) is 0 Å².